The molecule has 3 rings (SSSR count). The first-order valence-corrected chi connectivity index (χ1v) is 7.95. The molecule has 0 N–H and O–H groups in total. The second-order valence-corrected chi connectivity index (χ2v) is 6.18. The van der Waals surface area contributed by atoms with Crippen molar-refractivity contribution in [3.05, 3.63) is 41.0 Å². The summed E-state index contributed by atoms with van der Waals surface area (Å²) in [5.74, 6) is 2.23. The van der Waals surface area contributed by atoms with E-state index in [-0.39, 0.29) is 0 Å². The van der Waals surface area contributed by atoms with Gasteiger partial charge in [-0.1, -0.05) is 16.8 Å². The van der Waals surface area contributed by atoms with Crippen molar-refractivity contribution in [2.24, 2.45) is 5.92 Å². The van der Waals surface area contributed by atoms with Crippen molar-refractivity contribution in [3.63, 3.8) is 0 Å². The summed E-state index contributed by atoms with van der Waals surface area (Å²) in [6.45, 7) is 5.60. The van der Waals surface area contributed by atoms with Gasteiger partial charge < -0.3 is 9.26 Å². The van der Waals surface area contributed by atoms with E-state index < -0.39 is 0 Å². The minimum atomic E-state index is 0.567. The number of pyridine rings is 1. The number of halogens is 1. The number of hydrogen-bond acceptors (Lipinski definition) is 5. The normalized spacial score (nSPS) is 16.8. The Morgan fingerprint density at radius 3 is 2.91 bits per heavy atom. The second-order valence-electron chi connectivity index (χ2n) is 5.77. The third kappa shape index (κ3) is 3.99. The summed E-state index contributed by atoms with van der Waals surface area (Å²) in [6, 6.07) is 3.81. The van der Waals surface area contributed by atoms with Crippen LogP contribution in [0, 0.1) is 12.8 Å². The third-order valence-electron chi connectivity index (χ3n) is 3.97. The number of nitrogens with zero attached hydrogens (tertiary/aromatic N) is 3. The third-order valence-corrected chi connectivity index (χ3v) is 4.26. The molecule has 0 atom stereocenters. The zero-order valence-electron chi connectivity index (χ0n) is 12.7. The quantitative estimate of drug-likeness (QED) is 0.845. The molecule has 0 bridgehead atoms. The van der Waals surface area contributed by atoms with Crippen LogP contribution in [-0.2, 0) is 6.54 Å². The molecule has 0 unspecified atom stereocenters. The van der Waals surface area contributed by atoms with Crippen LogP contribution >= 0.6 is 11.6 Å². The number of hydrogen-bond donors (Lipinski definition) is 0. The van der Waals surface area contributed by atoms with Gasteiger partial charge in [0.2, 0.25) is 0 Å². The topological polar surface area (TPSA) is 51.4 Å². The number of rotatable bonds is 5. The predicted octanol–water partition coefficient (Wildman–Crippen LogP) is 3.32. The van der Waals surface area contributed by atoms with Crippen molar-refractivity contribution < 1.29 is 9.26 Å². The summed E-state index contributed by atoms with van der Waals surface area (Å²) in [6.07, 6.45) is 5.55. The lowest BCUT2D eigenvalue weighted by molar-refractivity contribution is 0.128. The highest BCUT2D eigenvalue weighted by molar-refractivity contribution is 6.31. The Morgan fingerprint density at radius 2 is 2.23 bits per heavy atom. The number of piperidine rings is 1. The minimum Gasteiger partial charge on any atom is -0.492 e. The van der Waals surface area contributed by atoms with E-state index in [0.717, 1.165) is 49.7 Å². The molecule has 0 amide bonds. The van der Waals surface area contributed by atoms with E-state index in [9.17, 15) is 0 Å². The molecule has 2 aromatic rings. The van der Waals surface area contributed by atoms with Gasteiger partial charge in [0, 0.05) is 24.5 Å². The molecule has 3 heterocycles. The first kappa shape index (κ1) is 15.3. The summed E-state index contributed by atoms with van der Waals surface area (Å²) in [5.41, 5.74) is 0.938. The van der Waals surface area contributed by atoms with E-state index in [4.69, 9.17) is 20.9 Å². The summed E-state index contributed by atoms with van der Waals surface area (Å²) in [7, 11) is 0. The average molecular weight is 322 g/mol. The lowest BCUT2D eigenvalue weighted by Gasteiger charge is -2.31. The molecule has 1 aliphatic heterocycles. The number of ether oxygens (including phenoxy) is 1. The molecular weight excluding hydrogens is 302 g/mol. The van der Waals surface area contributed by atoms with Crippen LogP contribution in [0.15, 0.2) is 29.0 Å². The largest absolute Gasteiger partial charge is 0.492 e. The van der Waals surface area contributed by atoms with E-state index >= 15 is 0 Å². The molecule has 0 saturated carbocycles. The first-order chi connectivity index (χ1) is 10.7. The molecule has 6 heteroatoms. The van der Waals surface area contributed by atoms with Crippen LogP contribution < -0.4 is 4.74 Å². The van der Waals surface area contributed by atoms with Crippen LogP contribution in [0.5, 0.6) is 5.75 Å². The van der Waals surface area contributed by atoms with Gasteiger partial charge in [-0.15, -0.1) is 0 Å². The van der Waals surface area contributed by atoms with Gasteiger partial charge in [0.25, 0.3) is 0 Å². The fourth-order valence-electron chi connectivity index (χ4n) is 2.71. The Labute approximate surface area is 135 Å². The van der Waals surface area contributed by atoms with Gasteiger partial charge in [-0.25, -0.2) is 0 Å². The van der Waals surface area contributed by atoms with Crippen LogP contribution in [-0.4, -0.2) is 34.7 Å². The lowest BCUT2D eigenvalue weighted by atomic mass is 9.98. The first-order valence-electron chi connectivity index (χ1n) is 7.57. The maximum atomic E-state index is 6.05. The molecule has 1 aliphatic rings. The van der Waals surface area contributed by atoms with E-state index in [1.165, 1.54) is 0 Å². The highest BCUT2D eigenvalue weighted by atomic mass is 35.5. The molecule has 0 aliphatic carbocycles. The van der Waals surface area contributed by atoms with E-state index in [0.29, 0.717) is 17.5 Å². The lowest BCUT2D eigenvalue weighted by Crippen LogP contribution is -2.35. The molecule has 5 nitrogen and oxygen atoms in total. The van der Waals surface area contributed by atoms with Crippen molar-refractivity contribution in [2.45, 2.75) is 26.3 Å². The Morgan fingerprint density at radius 1 is 1.41 bits per heavy atom. The maximum absolute atomic E-state index is 6.05. The predicted molar refractivity (Wildman–Crippen MR) is 84.0 cm³/mol. The highest BCUT2D eigenvalue weighted by Crippen LogP contribution is 2.25. The molecule has 0 spiro atoms. The van der Waals surface area contributed by atoms with Crippen LogP contribution in [0.25, 0.3) is 0 Å². The molecular formula is C16H20ClN3O2. The van der Waals surface area contributed by atoms with Gasteiger partial charge in [0.1, 0.15) is 10.8 Å². The summed E-state index contributed by atoms with van der Waals surface area (Å²) >= 11 is 6.05. The van der Waals surface area contributed by atoms with E-state index in [1.54, 1.807) is 12.4 Å². The fraction of sp³-hybridized carbons (Fsp3) is 0.500. The summed E-state index contributed by atoms with van der Waals surface area (Å²) in [4.78, 5) is 6.36. The molecule has 0 aromatic carbocycles. The van der Waals surface area contributed by atoms with Gasteiger partial charge in [-0.3, -0.25) is 9.88 Å². The summed E-state index contributed by atoms with van der Waals surface area (Å²) in [5, 5.41) is 4.50. The minimum absolute atomic E-state index is 0.567. The van der Waals surface area contributed by atoms with Gasteiger partial charge in [-0.2, -0.15) is 0 Å². The van der Waals surface area contributed by atoms with Gasteiger partial charge in [0.05, 0.1) is 18.8 Å². The second kappa shape index (κ2) is 7.11. The molecule has 0 radical (unpaired) electrons. The molecule has 1 fully saturated rings. The zero-order chi connectivity index (χ0) is 15.4. The van der Waals surface area contributed by atoms with E-state index in [2.05, 4.69) is 15.0 Å². The van der Waals surface area contributed by atoms with Crippen molar-refractivity contribution in [2.75, 3.05) is 19.7 Å². The highest BCUT2D eigenvalue weighted by Gasteiger charge is 2.21. The molecule has 1 saturated heterocycles. The van der Waals surface area contributed by atoms with E-state index in [1.807, 2.05) is 19.1 Å². The van der Waals surface area contributed by atoms with Crippen molar-refractivity contribution >= 4 is 11.6 Å². The number of likely N-dealkylation sites (tertiary alicyclic amines) is 1. The molecule has 118 valence electrons. The fourth-order valence-corrected chi connectivity index (χ4v) is 2.88. The van der Waals surface area contributed by atoms with Gasteiger partial charge in [0.15, 0.2) is 5.76 Å². The van der Waals surface area contributed by atoms with Crippen LogP contribution in [0.3, 0.4) is 0 Å². The van der Waals surface area contributed by atoms with Crippen molar-refractivity contribution in [1.82, 2.24) is 15.0 Å². The van der Waals surface area contributed by atoms with Crippen molar-refractivity contribution in [1.29, 1.82) is 0 Å². The van der Waals surface area contributed by atoms with Crippen LogP contribution in [0.2, 0.25) is 5.02 Å². The SMILES string of the molecule is Cc1cc(CN2CCC(COc3ccncc3Cl)CC2)on1. The number of aryl methyl sites for hydroxylation is 1. The van der Waals surface area contributed by atoms with Gasteiger partial charge in [-0.05, 0) is 38.8 Å². The number of aromatic nitrogens is 2. The van der Waals surface area contributed by atoms with Crippen LogP contribution in [0.1, 0.15) is 24.3 Å². The maximum Gasteiger partial charge on any atom is 0.150 e. The average Bonchev–Trinajstić information content (AvgIpc) is 2.93. The Balaban J connectivity index is 1.43. The molecule has 2 aromatic heterocycles. The van der Waals surface area contributed by atoms with Crippen LogP contribution in [0.4, 0.5) is 0 Å². The van der Waals surface area contributed by atoms with Crippen molar-refractivity contribution in [3.8, 4) is 5.75 Å². The standard InChI is InChI=1S/C16H20ClN3O2/c1-12-8-14(22-19-12)10-20-6-3-13(4-7-20)11-21-16-2-5-18-9-15(16)17/h2,5,8-9,13H,3-4,6-7,10-11H2,1H3. The zero-order valence-corrected chi connectivity index (χ0v) is 13.4. The summed E-state index contributed by atoms with van der Waals surface area (Å²) < 4.78 is 11.1. The molecule has 22 heavy (non-hydrogen) atoms. The Kier molecular flexibility index (Phi) is 4.95. The Bertz CT molecular complexity index is 609. The monoisotopic (exact) mass is 321 g/mol. The van der Waals surface area contributed by atoms with Gasteiger partial charge >= 0.3 is 0 Å². The smallest absolute Gasteiger partial charge is 0.150 e. The Hall–Kier alpha value is -1.59.